The van der Waals surface area contributed by atoms with Gasteiger partial charge < -0.3 is 25.0 Å². The van der Waals surface area contributed by atoms with Crippen molar-refractivity contribution in [3.63, 3.8) is 0 Å². The minimum atomic E-state index is -1.82. The van der Waals surface area contributed by atoms with Crippen LogP contribution < -0.4 is 10.1 Å². The predicted octanol–water partition coefficient (Wildman–Crippen LogP) is 2.92. The molecule has 0 bridgehead atoms. The van der Waals surface area contributed by atoms with Crippen molar-refractivity contribution >= 4 is 22.7 Å². The minimum Gasteiger partial charge on any atom is -0.494 e. The van der Waals surface area contributed by atoms with Gasteiger partial charge in [-0.2, -0.15) is 0 Å². The predicted molar refractivity (Wildman–Crippen MR) is 106 cm³/mol. The Bertz CT molecular complexity index is 745. The fourth-order valence-electron chi connectivity index (χ4n) is 2.87. The molecule has 28 heavy (non-hydrogen) atoms. The zero-order valence-electron chi connectivity index (χ0n) is 15.8. The van der Waals surface area contributed by atoms with E-state index >= 15 is 0 Å². The van der Waals surface area contributed by atoms with Crippen LogP contribution in [0.25, 0.3) is 10.8 Å². The van der Waals surface area contributed by atoms with Crippen LogP contribution in [-0.2, 0) is 14.3 Å². The number of hydrogen-bond donors (Lipinski definition) is 3. The number of ether oxygens (including phenoxy) is 2. The first kappa shape index (κ1) is 21.7. The maximum absolute atomic E-state index is 9.10. The van der Waals surface area contributed by atoms with E-state index in [1.807, 2.05) is 0 Å². The van der Waals surface area contributed by atoms with Gasteiger partial charge in [0.05, 0.1) is 12.7 Å². The van der Waals surface area contributed by atoms with E-state index in [1.54, 1.807) is 0 Å². The van der Waals surface area contributed by atoms with Gasteiger partial charge in [-0.05, 0) is 55.1 Å². The average Bonchev–Trinajstić information content (AvgIpc) is 3.21. The van der Waals surface area contributed by atoms with E-state index in [9.17, 15) is 0 Å². The van der Waals surface area contributed by atoms with E-state index in [0.717, 1.165) is 44.9 Å². The van der Waals surface area contributed by atoms with Crippen LogP contribution in [0.2, 0.25) is 0 Å². The van der Waals surface area contributed by atoms with E-state index < -0.39 is 11.9 Å². The molecule has 0 saturated carbocycles. The van der Waals surface area contributed by atoms with Crippen molar-refractivity contribution in [3.05, 3.63) is 42.5 Å². The highest BCUT2D eigenvalue weighted by Gasteiger charge is 2.14. The number of carboxylic acid groups (broad SMARTS) is 2. The van der Waals surface area contributed by atoms with Gasteiger partial charge in [-0.25, -0.2) is 9.59 Å². The van der Waals surface area contributed by atoms with Gasteiger partial charge in [0.15, 0.2) is 0 Å². The van der Waals surface area contributed by atoms with Gasteiger partial charge in [0.1, 0.15) is 5.75 Å². The Labute approximate surface area is 164 Å². The Kier molecular flexibility index (Phi) is 9.24. The standard InChI is InChI=1S/C19H25NO2.C2H2O4/c1-2-7-17-14-18(10-9-16(17)6-1)21-12-4-3-11-20-15-19-8-5-13-22-19;3-1(4)2(5)6/h1-2,6-7,9-10,14,19-20H,3-5,8,11-13,15H2;(H,3,4)(H,5,6). The van der Waals surface area contributed by atoms with Crippen LogP contribution in [0.5, 0.6) is 5.75 Å². The van der Waals surface area contributed by atoms with Crippen molar-refractivity contribution in [1.82, 2.24) is 5.32 Å². The second-order valence-corrected chi connectivity index (χ2v) is 6.51. The van der Waals surface area contributed by atoms with Crippen molar-refractivity contribution in [2.75, 3.05) is 26.3 Å². The molecular formula is C21H27NO6. The largest absolute Gasteiger partial charge is 0.494 e. The zero-order chi connectivity index (χ0) is 20.2. The number of hydrogen-bond acceptors (Lipinski definition) is 5. The van der Waals surface area contributed by atoms with Gasteiger partial charge in [-0.1, -0.05) is 30.3 Å². The molecule has 1 saturated heterocycles. The lowest BCUT2D eigenvalue weighted by Crippen LogP contribution is -2.27. The molecular weight excluding hydrogens is 362 g/mol. The van der Waals surface area contributed by atoms with Crippen molar-refractivity contribution < 1.29 is 29.3 Å². The quantitative estimate of drug-likeness (QED) is 0.471. The topological polar surface area (TPSA) is 105 Å². The SMILES string of the molecule is O=C(O)C(=O)O.c1ccc2cc(OCCCCNCC3CCCO3)ccc2c1. The second-order valence-electron chi connectivity index (χ2n) is 6.51. The van der Waals surface area contributed by atoms with Crippen molar-refractivity contribution in [3.8, 4) is 5.75 Å². The Hall–Kier alpha value is -2.64. The number of fused-ring (bicyclic) bond motifs is 1. The lowest BCUT2D eigenvalue weighted by Gasteiger charge is -2.11. The molecule has 0 aromatic heterocycles. The third kappa shape index (κ3) is 7.94. The van der Waals surface area contributed by atoms with E-state index in [0.29, 0.717) is 6.10 Å². The maximum Gasteiger partial charge on any atom is 0.414 e. The molecule has 0 radical (unpaired) electrons. The summed E-state index contributed by atoms with van der Waals surface area (Å²) in [5, 5.41) is 20.7. The van der Waals surface area contributed by atoms with Gasteiger partial charge in [0.2, 0.25) is 0 Å². The third-order valence-electron chi connectivity index (χ3n) is 4.32. The van der Waals surface area contributed by atoms with Crippen molar-refractivity contribution in [1.29, 1.82) is 0 Å². The average molecular weight is 389 g/mol. The molecule has 0 amide bonds. The lowest BCUT2D eigenvalue weighted by atomic mass is 10.1. The smallest absolute Gasteiger partial charge is 0.414 e. The number of carboxylic acids is 2. The Morgan fingerprint density at radius 2 is 1.82 bits per heavy atom. The first-order valence-corrected chi connectivity index (χ1v) is 9.46. The number of benzene rings is 2. The van der Waals surface area contributed by atoms with Crippen LogP contribution in [0, 0.1) is 0 Å². The molecule has 1 heterocycles. The molecule has 1 aliphatic heterocycles. The highest BCUT2D eigenvalue weighted by molar-refractivity contribution is 6.27. The summed E-state index contributed by atoms with van der Waals surface area (Å²) in [7, 11) is 0. The van der Waals surface area contributed by atoms with E-state index in [2.05, 4.69) is 47.8 Å². The summed E-state index contributed by atoms with van der Waals surface area (Å²) in [6.45, 7) is 3.75. The Morgan fingerprint density at radius 1 is 1.07 bits per heavy atom. The normalized spacial score (nSPS) is 15.6. The van der Waals surface area contributed by atoms with Gasteiger partial charge in [-0.3, -0.25) is 0 Å². The number of rotatable bonds is 8. The molecule has 7 heteroatoms. The molecule has 152 valence electrons. The molecule has 0 aliphatic carbocycles. The summed E-state index contributed by atoms with van der Waals surface area (Å²) in [4.78, 5) is 18.2. The van der Waals surface area contributed by atoms with Crippen LogP contribution in [-0.4, -0.2) is 54.6 Å². The van der Waals surface area contributed by atoms with Crippen LogP contribution in [0.4, 0.5) is 0 Å². The fraction of sp³-hybridized carbons (Fsp3) is 0.429. The first-order valence-electron chi connectivity index (χ1n) is 9.46. The molecule has 1 fully saturated rings. The van der Waals surface area contributed by atoms with Gasteiger partial charge in [-0.15, -0.1) is 0 Å². The molecule has 1 atom stereocenters. The van der Waals surface area contributed by atoms with Crippen molar-refractivity contribution in [2.24, 2.45) is 0 Å². The highest BCUT2D eigenvalue weighted by Crippen LogP contribution is 2.20. The first-order chi connectivity index (χ1) is 13.6. The number of nitrogens with one attached hydrogen (secondary N) is 1. The van der Waals surface area contributed by atoms with Gasteiger partial charge in [0, 0.05) is 13.2 Å². The number of unbranched alkanes of at least 4 members (excludes halogenated alkanes) is 1. The molecule has 1 aliphatic rings. The Balaban J connectivity index is 0.000000409. The third-order valence-corrected chi connectivity index (χ3v) is 4.32. The number of carbonyl (C=O) groups is 2. The maximum atomic E-state index is 9.10. The molecule has 2 aromatic rings. The molecule has 7 nitrogen and oxygen atoms in total. The van der Waals surface area contributed by atoms with E-state index in [4.69, 9.17) is 29.3 Å². The lowest BCUT2D eigenvalue weighted by molar-refractivity contribution is -0.159. The summed E-state index contributed by atoms with van der Waals surface area (Å²) in [6.07, 6.45) is 5.07. The summed E-state index contributed by atoms with van der Waals surface area (Å²) >= 11 is 0. The highest BCUT2D eigenvalue weighted by atomic mass is 16.5. The van der Waals surface area contributed by atoms with Crippen molar-refractivity contribution in [2.45, 2.75) is 31.8 Å². The molecule has 3 rings (SSSR count). The summed E-state index contributed by atoms with van der Waals surface area (Å²) in [6, 6.07) is 14.7. The van der Waals surface area contributed by atoms with Crippen LogP contribution in [0.15, 0.2) is 42.5 Å². The molecule has 2 aromatic carbocycles. The summed E-state index contributed by atoms with van der Waals surface area (Å²) < 4.78 is 11.4. The van der Waals surface area contributed by atoms with Crippen LogP contribution in [0.1, 0.15) is 25.7 Å². The Morgan fingerprint density at radius 3 is 2.50 bits per heavy atom. The van der Waals surface area contributed by atoms with Crippen LogP contribution in [0.3, 0.4) is 0 Å². The summed E-state index contributed by atoms with van der Waals surface area (Å²) in [5.74, 6) is -2.68. The fourth-order valence-corrected chi connectivity index (χ4v) is 2.87. The molecule has 1 unspecified atom stereocenters. The second kappa shape index (κ2) is 11.9. The summed E-state index contributed by atoms with van der Waals surface area (Å²) in [5.41, 5.74) is 0. The zero-order valence-corrected chi connectivity index (χ0v) is 15.8. The number of aliphatic carboxylic acids is 2. The van der Waals surface area contributed by atoms with Gasteiger partial charge >= 0.3 is 11.9 Å². The van der Waals surface area contributed by atoms with E-state index in [1.165, 1.54) is 23.6 Å². The monoisotopic (exact) mass is 389 g/mol. The van der Waals surface area contributed by atoms with Crippen LogP contribution >= 0.6 is 0 Å². The van der Waals surface area contributed by atoms with Gasteiger partial charge in [0.25, 0.3) is 0 Å². The minimum absolute atomic E-state index is 0.439. The molecule has 3 N–H and O–H groups in total. The molecule has 0 spiro atoms. The van der Waals surface area contributed by atoms with E-state index in [-0.39, 0.29) is 0 Å².